The molecule has 298 valence electrons. The molecule has 0 bridgehead atoms. The van der Waals surface area contributed by atoms with E-state index in [1.54, 1.807) is 0 Å². The third-order valence-corrected chi connectivity index (χ3v) is 12.7. The van der Waals surface area contributed by atoms with Gasteiger partial charge in [0.05, 0.1) is 11.4 Å². The van der Waals surface area contributed by atoms with E-state index in [1.807, 2.05) is 0 Å². The first-order valence-electron chi connectivity index (χ1n) is 21.7. The quantitative estimate of drug-likeness (QED) is 0.152. The molecule has 0 aromatic heterocycles. The Bertz CT molecular complexity index is 3370. The van der Waals surface area contributed by atoms with Crippen LogP contribution in [0.5, 0.6) is 5.75 Å². The molecule has 10 aromatic carbocycles. The van der Waals surface area contributed by atoms with Crippen LogP contribution in [0.1, 0.15) is 11.5 Å². The van der Waals surface area contributed by atoms with Gasteiger partial charge in [-0.25, -0.2) is 0 Å². The molecule has 2 aliphatic rings. The maximum absolute atomic E-state index is 7.25. The summed E-state index contributed by atoms with van der Waals surface area (Å²) in [4.78, 5) is 4.75. The number of ether oxygens (including phenoxy) is 1. The molecule has 0 saturated carbocycles. The second-order valence-electron chi connectivity index (χ2n) is 16.5. The van der Waals surface area contributed by atoms with Crippen LogP contribution in [0, 0.1) is 0 Å². The van der Waals surface area contributed by atoms with E-state index in [-0.39, 0.29) is 12.0 Å². The highest BCUT2D eigenvalue weighted by molar-refractivity contribution is 6.00. The number of hydrogen-bond acceptors (Lipinski definition) is 3. The highest BCUT2D eigenvalue weighted by Gasteiger charge is 2.34. The van der Waals surface area contributed by atoms with E-state index in [0.717, 1.165) is 45.3 Å². The summed E-state index contributed by atoms with van der Waals surface area (Å²) in [6.07, 6.45) is 6.74. The van der Waals surface area contributed by atoms with Gasteiger partial charge in [0.25, 0.3) is 0 Å². The molecule has 12 rings (SSSR count). The Balaban J connectivity index is 0.970. The van der Waals surface area contributed by atoms with Crippen molar-refractivity contribution < 1.29 is 4.74 Å². The zero-order valence-corrected chi connectivity index (χ0v) is 34.6. The fourth-order valence-electron chi connectivity index (χ4n) is 9.68. The van der Waals surface area contributed by atoms with Crippen molar-refractivity contribution in [2.45, 2.75) is 12.0 Å². The third-order valence-electron chi connectivity index (χ3n) is 12.7. The summed E-state index contributed by atoms with van der Waals surface area (Å²) >= 11 is 0. The fourth-order valence-corrected chi connectivity index (χ4v) is 9.68. The minimum atomic E-state index is -0.223. The molecule has 1 heterocycles. The summed E-state index contributed by atoms with van der Waals surface area (Å²) in [6.45, 7) is 0. The van der Waals surface area contributed by atoms with Gasteiger partial charge in [-0.3, -0.25) is 0 Å². The summed E-state index contributed by atoms with van der Waals surface area (Å²) in [7, 11) is 0. The van der Waals surface area contributed by atoms with Crippen molar-refractivity contribution >= 4 is 60.8 Å². The lowest BCUT2D eigenvalue weighted by Gasteiger charge is -2.37. The molecule has 0 saturated heterocycles. The molecule has 0 N–H and O–H groups in total. The van der Waals surface area contributed by atoms with E-state index in [9.17, 15) is 0 Å². The van der Waals surface area contributed by atoms with Crippen LogP contribution in [0.4, 0.5) is 28.4 Å². The number of allylic oxidation sites excluding steroid dienone is 1. The number of nitrogens with zero attached hydrogens (tertiary/aromatic N) is 2. The summed E-state index contributed by atoms with van der Waals surface area (Å²) < 4.78 is 7.25. The average Bonchev–Trinajstić information content (AvgIpc) is 3.35. The fraction of sp³-hybridized carbons (Fsp3) is 0.0333. The number of fused-ring (bicyclic) bond motifs is 4. The second kappa shape index (κ2) is 15.4. The van der Waals surface area contributed by atoms with Gasteiger partial charge >= 0.3 is 0 Å². The van der Waals surface area contributed by atoms with Gasteiger partial charge in [-0.15, -0.1) is 0 Å². The molecule has 3 nitrogen and oxygen atoms in total. The van der Waals surface area contributed by atoms with Crippen LogP contribution in [0.3, 0.4) is 0 Å². The lowest BCUT2D eigenvalue weighted by molar-refractivity contribution is 0.226. The van der Waals surface area contributed by atoms with Gasteiger partial charge in [0, 0.05) is 45.5 Å². The van der Waals surface area contributed by atoms with Gasteiger partial charge in [-0.1, -0.05) is 176 Å². The number of anilines is 5. The van der Waals surface area contributed by atoms with Crippen molar-refractivity contribution in [1.29, 1.82) is 0 Å². The van der Waals surface area contributed by atoms with Gasteiger partial charge in [-0.2, -0.15) is 0 Å². The van der Waals surface area contributed by atoms with Crippen LogP contribution in [-0.2, 0) is 0 Å². The minimum Gasteiger partial charge on any atom is -0.485 e. The summed E-state index contributed by atoms with van der Waals surface area (Å²) in [6, 6.07) is 80.8. The number of hydrogen-bond donors (Lipinski definition) is 0. The first-order chi connectivity index (χ1) is 31.2. The zero-order valence-electron chi connectivity index (χ0n) is 34.6. The molecule has 0 fully saturated rings. The van der Waals surface area contributed by atoms with Crippen molar-refractivity contribution in [3.63, 3.8) is 0 Å². The van der Waals surface area contributed by atoms with E-state index < -0.39 is 0 Å². The standard InChI is InChI=1S/C60H42N2O/c1-3-13-41(14-4-1)44-25-30-49(31-26-44)61(51-34-29-43-17-7-8-19-47(43)37-51)53-38-48-21-11-23-56-55-36-35-52(39-58(55)63-59(40-53)60(48)56)62(57-24-12-20-46-18-9-10-22-54(46)57)50-32-27-45(28-33-50)42-15-5-2-6-16-42/h1-40,55,58H. The third kappa shape index (κ3) is 6.63. The molecule has 0 spiro atoms. The Morgan fingerprint density at radius 3 is 1.67 bits per heavy atom. The van der Waals surface area contributed by atoms with Crippen LogP contribution < -0.4 is 14.5 Å². The zero-order chi connectivity index (χ0) is 41.7. The van der Waals surface area contributed by atoms with E-state index >= 15 is 0 Å². The average molecular weight is 807 g/mol. The highest BCUT2D eigenvalue weighted by atomic mass is 16.5. The van der Waals surface area contributed by atoms with E-state index in [2.05, 4.69) is 252 Å². The Kier molecular flexibility index (Phi) is 8.97. The molecular formula is C60H42N2O. The maximum Gasteiger partial charge on any atom is 0.130 e. The molecule has 2 unspecified atom stereocenters. The van der Waals surface area contributed by atoms with Crippen molar-refractivity contribution in [3.05, 3.63) is 254 Å². The molecule has 2 atom stereocenters. The molecule has 0 amide bonds. The Labute approximate surface area is 367 Å². The summed E-state index contributed by atoms with van der Waals surface area (Å²) in [5, 5.41) is 7.13. The van der Waals surface area contributed by atoms with Crippen LogP contribution in [-0.4, -0.2) is 6.10 Å². The second-order valence-corrected chi connectivity index (χ2v) is 16.5. The molecule has 1 aliphatic heterocycles. The lowest BCUT2D eigenvalue weighted by atomic mass is 9.83. The van der Waals surface area contributed by atoms with E-state index in [0.29, 0.717) is 0 Å². The molecule has 1 aliphatic carbocycles. The van der Waals surface area contributed by atoms with Gasteiger partial charge < -0.3 is 14.5 Å². The van der Waals surface area contributed by atoms with E-state index in [4.69, 9.17) is 4.74 Å². The van der Waals surface area contributed by atoms with Crippen molar-refractivity contribution in [2.24, 2.45) is 0 Å². The normalized spacial score (nSPS) is 15.1. The maximum atomic E-state index is 7.25. The largest absolute Gasteiger partial charge is 0.485 e. The molecular weight excluding hydrogens is 765 g/mol. The first kappa shape index (κ1) is 36.7. The van der Waals surface area contributed by atoms with Gasteiger partial charge in [0.2, 0.25) is 0 Å². The topological polar surface area (TPSA) is 15.7 Å². The van der Waals surface area contributed by atoms with Crippen LogP contribution >= 0.6 is 0 Å². The highest BCUT2D eigenvalue weighted by Crippen LogP contribution is 2.49. The van der Waals surface area contributed by atoms with Crippen molar-refractivity contribution in [3.8, 4) is 28.0 Å². The minimum absolute atomic E-state index is 0.0627. The predicted octanol–water partition coefficient (Wildman–Crippen LogP) is 16.1. The van der Waals surface area contributed by atoms with E-state index in [1.165, 1.54) is 54.7 Å². The van der Waals surface area contributed by atoms with Crippen molar-refractivity contribution in [2.75, 3.05) is 9.80 Å². The lowest BCUT2D eigenvalue weighted by Crippen LogP contribution is -2.30. The SMILES string of the molecule is C1=CC2c3cccc4cc(N(c5ccc(-c6ccccc6)cc5)c5ccc6ccccc6c5)cc(c34)OC2C=C1N(c1ccc(-c2ccccc2)cc1)c1cccc2ccccc12. The molecule has 0 radical (unpaired) electrons. The molecule has 10 aromatic rings. The van der Waals surface area contributed by atoms with Crippen LogP contribution in [0.25, 0.3) is 54.6 Å². The predicted molar refractivity (Wildman–Crippen MR) is 264 cm³/mol. The van der Waals surface area contributed by atoms with Gasteiger partial charge in [0.1, 0.15) is 11.9 Å². The number of benzene rings is 10. The van der Waals surface area contributed by atoms with Crippen LogP contribution in [0.15, 0.2) is 248 Å². The van der Waals surface area contributed by atoms with Crippen LogP contribution in [0.2, 0.25) is 0 Å². The summed E-state index contributed by atoms with van der Waals surface area (Å²) in [5.74, 6) is 0.952. The van der Waals surface area contributed by atoms with Gasteiger partial charge in [0.15, 0.2) is 0 Å². The number of rotatable bonds is 8. The van der Waals surface area contributed by atoms with Crippen molar-refractivity contribution in [1.82, 2.24) is 0 Å². The smallest absolute Gasteiger partial charge is 0.130 e. The molecule has 3 heteroatoms. The van der Waals surface area contributed by atoms with Gasteiger partial charge in [-0.05, 0) is 110 Å². The monoisotopic (exact) mass is 806 g/mol. The molecule has 63 heavy (non-hydrogen) atoms. The Morgan fingerprint density at radius 1 is 0.381 bits per heavy atom. The summed E-state index contributed by atoms with van der Waals surface area (Å²) in [5.41, 5.74) is 12.5. The Morgan fingerprint density at radius 2 is 0.937 bits per heavy atom. The first-order valence-corrected chi connectivity index (χ1v) is 21.7. The Hall–Kier alpha value is -8.14.